The molecule has 0 aliphatic heterocycles. The van der Waals surface area contributed by atoms with Crippen molar-refractivity contribution in [3.05, 3.63) is 437 Å². The lowest BCUT2D eigenvalue weighted by Gasteiger charge is -2.11. The Morgan fingerprint density at radius 1 is 0.146 bits per heavy atom. The van der Waals surface area contributed by atoms with Crippen LogP contribution in [0.15, 0.2) is 464 Å². The fourth-order valence-corrected chi connectivity index (χ4v) is 20.3. The molecule has 0 N–H and O–H groups in total. The molecular formula is C126H72N12O6. The minimum Gasteiger partial charge on any atom is -0.456 e. The van der Waals surface area contributed by atoms with E-state index in [0.717, 1.165) is 248 Å². The van der Waals surface area contributed by atoms with Gasteiger partial charge >= 0.3 is 0 Å². The van der Waals surface area contributed by atoms with Gasteiger partial charge in [-0.05, 0) is 172 Å². The highest BCUT2D eigenvalue weighted by atomic mass is 16.3. The summed E-state index contributed by atoms with van der Waals surface area (Å²) in [5, 5.41) is 17.8. The Balaban J connectivity index is 0.000000105. The van der Waals surface area contributed by atoms with Crippen molar-refractivity contribution >= 4 is 164 Å². The summed E-state index contributed by atoms with van der Waals surface area (Å²) in [6.07, 6.45) is 9.22. The number of aromatic nitrogens is 12. The molecule has 0 atom stereocenters. The minimum absolute atomic E-state index is 0.587. The Kier molecular flexibility index (Phi) is 19.4. The van der Waals surface area contributed by atoms with Gasteiger partial charge in [0.05, 0.1) is 5.52 Å². The van der Waals surface area contributed by atoms with Crippen LogP contribution in [0.25, 0.3) is 300 Å². The molecule has 18 aromatic carbocycles. The van der Waals surface area contributed by atoms with Crippen molar-refractivity contribution in [3.8, 4) is 136 Å². The van der Waals surface area contributed by atoms with E-state index >= 15 is 0 Å². The fourth-order valence-electron chi connectivity index (χ4n) is 20.3. The van der Waals surface area contributed by atoms with Crippen molar-refractivity contribution in [1.82, 2.24) is 59.8 Å². The average molecular weight is 1850 g/mol. The van der Waals surface area contributed by atoms with Gasteiger partial charge in [-0.25, -0.2) is 44.9 Å². The lowest BCUT2D eigenvalue weighted by Crippen LogP contribution is -2.00. The van der Waals surface area contributed by atoms with Crippen molar-refractivity contribution < 1.29 is 26.5 Å². The molecule has 12 heterocycles. The molecule has 30 rings (SSSR count). The van der Waals surface area contributed by atoms with E-state index in [0.29, 0.717) is 52.4 Å². The standard InChI is InChI=1S/3C42H24N4O2/c1-2-10-25(11-3-1)40-44-41(46-42(45-40)31-17-8-20-36-39(31)30-15-4-5-18-34(30)47-36)28-13-6-12-26(22-28)29-16-7-19-35-38(29)32-24-33-27(14-9-21-43-33)23-37(32)48-35;1-2-9-25(10-3-1)40-44-41(46-42(45-40)32-15-8-18-36-39(32)31-13-4-5-16-34(31)47-36)28-12-6-11-27(21-28)30-14-7-17-35-38(30)33-22-29-24-43-20-19-26(29)23-37(33)48-35;1-2-9-25(10-3-1)40-44-41(46-42(45-40)32-15-8-18-36-39(32)31-13-4-5-16-34(31)47-36)28-12-6-11-27(21-28)30-14-7-17-35-38(30)33-22-26-19-20-43-24-29(26)23-37(33)48-35/h3*1-24H. The van der Waals surface area contributed by atoms with Crippen LogP contribution >= 0.6 is 0 Å². The number of rotatable bonds is 12. The molecule has 0 aliphatic rings. The summed E-state index contributed by atoms with van der Waals surface area (Å²) in [6.45, 7) is 0. The van der Waals surface area contributed by atoms with Crippen molar-refractivity contribution in [1.29, 1.82) is 0 Å². The number of pyridine rings is 3. The maximum absolute atomic E-state index is 6.36. The quantitative estimate of drug-likeness (QED) is 0.111. The molecule has 0 amide bonds. The zero-order chi connectivity index (χ0) is 94.8. The van der Waals surface area contributed by atoms with Crippen LogP contribution in [0.5, 0.6) is 0 Å². The zero-order valence-corrected chi connectivity index (χ0v) is 76.4. The molecule has 0 radical (unpaired) electrons. The second-order valence-electron chi connectivity index (χ2n) is 35.6. The molecule has 30 aromatic rings. The van der Waals surface area contributed by atoms with Crippen molar-refractivity contribution in [2.75, 3.05) is 0 Å². The summed E-state index contributed by atoms with van der Waals surface area (Å²) in [4.78, 5) is 58.8. The van der Waals surface area contributed by atoms with Crippen molar-refractivity contribution in [3.63, 3.8) is 0 Å². The van der Waals surface area contributed by atoms with Crippen LogP contribution in [0.2, 0.25) is 0 Å². The number of furan rings is 6. The predicted molar refractivity (Wildman–Crippen MR) is 574 cm³/mol. The Bertz CT molecular complexity index is 9500. The van der Waals surface area contributed by atoms with E-state index in [2.05, 4.69) is 185 Å². The van der Waals surface area contributed by atoms with Crippen LogP contribution in [0, 0.1) is 0 Å². The van der Waals surface area contributed by atoms with Crippen LogP contribution in [0.3, 0.4) is 0 Å². The molecule has 0 spiro atoms. The van der Waals surface area contributed by atoms with Crippen LogP contribution in [0.4, 0.5) is 0 Å². The largest absolute Gasteiger partial charge is 0.456 e. The van der Waals surface area contributed by atoms with E-state index in [9.17, 15) is 0 Å². The number of hydrogen-bond donors (Lipinski definition) is 0. The molecule has 18 heteroatoms. The SMILES string of the molecule is c1ccc(-c2nc(-c3cccc(-c4cccc5oc6cc7cccnc7cc6c45)c3)nc(-c3cccc4oc5ccccc5c34)n2)cc1.c1ccc(-c2nc(-c3cccc(-c4cccc5oc6cc7ccncc7cc6c45)c3)nc(-c3cccc4oc5ccccc5c34)n2)cc1.c1ccc(-c2nc(-c3cccc(-c4cccc5oc6cc7cnccc7cc6c45)c3)nc(-c3cccc4oc5ccccc5c34)n2)cc1. The third-order valence-electron chi connectivity index (χ3n) is 27.0. The maximum atomic E-state index is 6.36. The number of para-hydroxylation sites is 3. The molecule has 0 saturated carbocycles. The number of nitrogens with zero attached hydrogens (tertiary/aromatic N) is 12. The van der Waals surface area contributed by atoms with Gasteiger partial charge in [0.15, 0.2) is 52.4 Å². The Morgan fingerprint density at radius 3 is 0.792 bits per heavy atom. The van der Waals surface area contributed by atoms with Gasteiger partial charge in [-0.1, -0.05) is 279 Å². The van der Waals surface area contributed by atoms with E-state index in [-0.39, 0.29) is 0 Å². The highest BCUT2D eigenvalue weighted by molar-refractivity contribution is 6.20. The molecule has 0 fully saturated rings. The second-order valence-corrected chi connectivity index (χ2v) is 35.6. The van der Waals surface area contributed by atoms with Crippen LogP contribution in [-0.4, -0.2) is 59.8 Å². The molecule has 0 bridgehead atoms. The molecule has 0 saturated heterocycles. The molecule has 672 valence electrons. The first-order valence-corrected chi connectivity index (χ1v) is 47.4. The van der Waals surface area contributed by atoms with Gasteiger partial charge in [0, 0.05) is 162 Å². The molecule has 144 heavy (non-hydrogen) atoms. The lowest BCUT2D eigenvalue weighted by molar-refractivity contribution is 0.668. The molecular weight excluding hydrogens is 1780 g/mol. The van der Waals surface area contributed by atoms with Crippen molar-refractivity contribution in [2.45, 2.75) is 0 Å². The van der Waals surface area contributed by atoms with Gasteiger partial charge in [0.25, 0.3) is 0 Å². The predicted octanol–water partition coefficient (Wildman–Crippen LogP) is 32.7. The molecule has 0 unspecified atom stereocenters. The highest BCUT2D eigenvalue weighted by Crippen LogP contribution is 2.47. The first-order valence-electron chi connectivity index (χ1n) is 47.4. The fraction of sp³-hybridized carbons (Fsp3) is 0. The molecule has 0 aliphatic carbocycles. The Labute approximate surface area is 818 Å². The Morgan fingerprint density at radius 2 is 0.410 bits per heavy atom. The Hall–Kier alpha value is -20.0. The van der Waals surface area contributed by atoms with Gasteiger partial charge < -0.3 is 26.5 Å². The van der Waals surface area contributed by atoms with E-state index in [1.807, 2.05) is 261 Å². The summed E-state index contributed by atoms with van der Waals surface area (Å²) in [6, 6.07) is 137. The van der Waals surface area contributed by atoms with Gasteiger partial charge in [-0.3, -0.25) is 15.0 Å². The van der Waals surface area contributed by atoms with Gasteiger partial charge in [0.1, 0.15) is 67.0 Å². The highest BCUT2D eigenvalue weighted by Gasteiger charge is 2.26. The second kappa shape index (κ2) is 34.0. The first kappa shape index (κ1) is 82.3. The maximum Gasteiger partial charge on any atom is 0.164 e. The summed E-state index contributed by atoms with van der Waals surface area (Å²) in [7, 11) is 0. The van der Waals surface area contributed by atoms with Crippen LogP contribution in [-0.2, 0) is 0 Å². The topological polar surface area (TPSA) is 234 Å². The summed E-state index contributed by atoms with van der Waals surface area (Å²) in [5.41, 5.74) is 25.3. The van der Waals surface area contributed by atoms with Gasteiger partial charge in [-0.15, -0.1) is 0 Å². The van der Waals surface area contributed by atoms with E-state index < -0.39 is 0 Å². The lowest BCUT2D eigenvalue weighted by atomic mass is 9.97. The van der Waals surface area contributed by atoms with E-state index in [1.165, 1.54) is 0 Å². The number of benzene rings is 18. The summed E-state index contributed by atoms with van der Waals surface area (Å²) >= 11 is 0. The van der Waals surface area contributed by atoms with Crippen LogP contribution < -0.4 is 0 Å². The average Bonchev–Trinajstić information content (AvgIpc) is 1.60. The van der Waals surface area contributed by atoms with E-state index in [4.69, 9.17) is 71.4 Å². The third-order valence-corrected chi connectivity index (χ3v) is 27.0. The van der Waals surface area contributed by atoms with Gasteiger partial charge in [0.2, 0.25) is 0 Å². The monoisotopic (exact) mass is 1850 g/mol. The minimum atomic E-state index is 0.587. The van der Waals surface area contributed by atoms with Gasteiger partial charge in [-0.2, -0.15) is 0 Å². The van der Waals surface area contributed by atoms with Crippen molar-refractivity contribution in [2.24, 2.45) is 0 Å². The molecule has 12 aromatic heterocycles. The third kappa shape index (κ3) is 14.4. The van der Waals surface area contributed by atoms with Crippen LogP contribution in [0.1, 0.15) is 0 Å². The zero-order valence-electron chi connectivity index (χ0n) is 76.4. The normalized spacial score (nSPS) is 11.8. The number of fused-ring (bicyclic) bond motifs is 21. The summed E-state index contributed by atoms with van der Waals surface area (Å²) < 4.78 is 37.7. The smallest absolute Gasteiger partial charge is 0.164 e. The summed E-state index contributed by atoms with van der Waals surface area (Å²) in [5.74, 6) is 5.35. The number of hydrogen-bond acceptors (Lipinski definition) is 18. The first-order chi connectivity index (χ1) is 71.3. The van der Waals surface area contributed by atoms with E-state index in [1.54, 1.807) is 6.20 Å². The molecule has 18 nitrogen and oxygen atoms in total.